The Hall–Kier alpha value is -1.85. The van der Waals surface area contributed by atoms with Gasteiger partial charge in [0.05, 0.1) is 24.5 Å². The lowest BCUT2D eigenvalue weighted by atomic mass is 10.2. The van der Waals surface area contributed by atoms with Crippen molar-refractivity contribution in [1.82, 2.24) is 5.32 Å². The van der Waals surface area contributed by atoms with Gasteiger partial charge in [-0.1, -0.05) is 23.8 Å². The SMILES string of the molecule is Cc1ccc(NC(=O)NC[C@@H](c2cccs2)[NH+]2CCCC2)cc1. The van der Waals surface area contributed by atoms with Gasteiger partial charge in [-0.2, -0.15) is 0 Å². The molecule has 2 amide bonds. The molecule has 1 aliphatic rings. The number of urea groups is 1. The number of anilines is 1. The van der Waals surface area contributed by atoms with E-state index in [1.165, 1.54) is 36.4 Å². The van der Waals surface area contributed by atoms with E-state index >= 15 is 0 Å². The van der Waals surface area contributed by atoms with Crippen molar-refractivity contribution in [2.75, 3.05) is 25.0 Å². The van der Waals surface area contributed by atoms with Gasteiger partial charge in [0.15, 0.2) is 0 Å². The Morgan fingerprint density at radius 3 is 2.61 bits per heavy atom. The second-order valence-electron chi connectivity index (χ2n) is 6.13. The molecule has 3 rings (SSSR count). The van der Waals surface area contributed by atoms with Gasteiger partial charge < -0.3 is 15.5 Å². The van der Waals surface area contributed by atoms with E-state index in [9.17, 15) is 4.79 Å². The summed E-state index contributed by atoms with van der Waals surface area (Å²) in [7, 11) is 0. The van der Waals surface area contributed by atoms with Gasteiger partial charge >= 0.3 is 6.03 Å². The maximum absolute atomic E-state index is 12.2. The third-order valence-corrected chi connectivity index (χ3v) is 5.39. The third-order valence-electron chi connectivity index (χ3n) is 4.40. The smallest absolute Gasteiger partial charge is 0.319 e. The Morgan fingerprint density at radius 1 is 1.22 bits per heavy atom. The molecule has 0 saturated carbocycles. The Balaban J connectivity index is 1.57. The molecule has 0 radical (unpaired) electrons. The maximum atomic E-state index is 12.2. The summed E-state index contributed by atoms with van der Waals surface area (Å²) in [4.78, 5) is 15.1. The van der Waals surface area contributed by atoms with Crippen LogP contribution in [0.3, 0.4) is 0 Å². The normalized spacial score (nSPS) is 16.2. The summed E-state index contributed by atoms with van der Waals surface area (Å²) in [6, 6.07) is 12.4. The largest absolute Gasteiger partial charge is 0.331 e. The van der Waals surface area contributed by atoms with E-state index in [0.29, 0.717) is 12.6 Å². The molecular formula is C18H24N3OS+. The molecule has 1 aromatic heterocycles. The number of benzene rings is 1. The highest BCUT2D eigenvalue weighted by atomic mass is 32.1. The molecule has 23 heavy (non-hydrogen) atoms. The molecule has 1 atom stereocenters. The molecule has 2 aromatic rings. The minimum atomic E-state index is -0.131. The molecule has 1 aromatic carbocycles. The van der Waals surface area contributed by atoms with Gasteiger partial charge in [-0.25, -0.2) is 4.79 Å². The predicted octanol–water partition coefficient (Wildman–Crippen LogP) is 2.60. The Labute approximate surface area is 141 Å². The summed E-state index contributed by atoms with van der Waals surface area (Å²) in [5.74, 6) is 0. The fraction of sp³-hybridized carbons (Fsp3) is 0.389. The number of carbonyl (C=O) groups is 1. The fourth-order valence-corrected chi connectivity index (χ4v) is 4.01. The van der Waals surface area contributed by atoms with E-state index in [1.54, 1.807) is 16.2 Å². The first-order valence-electron chi connectivity index (χ1n) is 8.22. The van der Waals surface area contributed by atoms with Gasteiger partial charge in [-0.3, -0.25) is 0 Å². The van der Waals surface area contributed by atoms with Gasteiger partial charge in [0.1, 0.15) is 6.04 Å². The molecule has 0 unspecified atom stereocenters. The molecule has 1 fully saturated rings. The van der Waals surface area contributed by atoms with E-state index in [1.807, 2.05) is 31.2 Å². The topological polar surface area (TPSA) is 45.6 Å². The number of nitrogens with one attached hydrogen (secondary N) is 3. The average molecular weight is 330 g/mol. The zero-order valence-electron chi connectivity index (χ0n) is 13.5. The number of aryl methyl sites for hydroxylation is 1. The van der Waals surface area contributed by atoms with Gasteiger partial charge in [-0.15, -0.1) is 11.3 Å². The quantitative estimate of drug-likeness (QED) is 0.775. The molecule has 4 nitrogen and oxygen atoms in total. The number of rotatable bonds is 5. The lowest BCUT2D eigenvalue weighted by Gasteiger charge is -2.24. The summed E-state index contributed by atoms with van der Waals surface area (Å²) in [5.41, 5.74) is 2.01. The highest BCUT2D eigenvalue weighted by Crippen LogP contribution is 2.17. The molecule has 0 spiro atoms. The van der Waals surface area contributed by atoms with Crippen LogP contribution in [0.4, 0.5) is 10.5 Å². The van der Waals surface area contributed by atoms with Crippen LogP contribution in [0.15, 0.2) is 41.8 Å². The summed E-state index contributed by atoms with van der Waals surface area (Å²) < 4.78 is 0. The fourth-order valence-electron chi connectivity index (χ4n) is 3.12. The van der Waals surface area contributed by atoms with E-state index in [0.717, 1.165) is 5.69 Å². The first-order valence-corrected chi connectivity index (χ1v) is 9.10. The zero-order chi connectivity index (χ0) is 16.1. The van der Waals surface area contributed by atoms with Crippen molar-refractivity contribution in [2.24, 2.45) is 0 Å². The highest BCUT2D eigenvalue weighted by Gasteiger charge is 2.28. The van der Waals surface area contributed by atoms with Crippen LogP contribution in [0.2, 0.25) is 0 Å². The van der Waals surface area contributed by atoms with Crippen molar-refractivity contribution >= 4 is 23.1 Å². The van der Waals surface area contributed by atoms with Crippen LogP contribution in [-0.2, 0) is 0 Å². The third kappa shape index (κ3) is 4.33. The lowest BCUT2D eigenvalue weighted by molar-refractivity contribution is -0.918. The average Bonchev–Trinajstić information content (AvgIpc) is 3.24. The lowest BCUT2D eigenvalue weighted by Crippen LogP contribution is -3.11. The van der Waals surface area contributed by atoms with Crippen LogP contribution in [-0.4, -0.2) is 25.7 Å². The van der Waals surface area contributed by atoms with Crippen LogP contribution >= 0.6 is 11.3 Å². The summed E-state index contributed by atoms with van der Waals surface area (Å²) >= 11 is 1.78. The van der Waals surface area contributed by atoms with Crippen molar-refractivity contribution in [3.63, 3.8) is 0 Å². The van der Waals surface area contributed by atoms with E-state index in [2.05, 4.69) is 28.1 Å². The number of quaternary nitrogens is 1. The van der Waals surface area contributed by atoms with Crippen LogP contribution in [0.5, 0.6) is 0 Å². The first-order chi connectivity index (χ1) is 11.2. The molecule has 1 aliphatic heterocycles. The number of hydrogen-bond donors (Lipinski definition) is 3. The number of amides is 2. The van der Waals surface area contributed by atoms with Gasteiger partial charge in [0.25, 0.3) is 0 Å². The molecule has 1 saturated heterocycles. The molecule has 2 heterocycles. The Morgan fingerprint density at radius 2 is 1.96 bits per heavy atom. The summed E-state index contributed by atoms with van der Waals surface area (Å²) in [6.07, 6.45) is 2.57. The molecule has 0 aliphatic carbocycles. The predicted molar refractivity (Wildman–Crippen MR) is 95.2 cm³/mol. The number of carbonyl (C=O) groups excluding carboxylic acids is 1. The molecular weight excluding hydrogens is 306 g/mol. The highest BCUT2D eigenvalue weighted by molar-refractivity contribution is 7.10. The number of thiophene rings is 1. The molecule has 3 N–H and O–H groups in total. The Kier molecular flexibility index (Phi) is 5.31. The molecule has 5 heteroatoms. The first kappa shape index (κ1) is 16.0. The minimum absolute atomic E-state index is 0.131. The van der Waals surface area contributed by atoms with Gasteiger partial charge in [0, 0.05) is 18.5 Å². The van der Waals surface area contributed by atoms with Crippen LogP contribution in [0, 0.1) is 6.92 Å². The summed E-state index contributed by atoms with van der Waals surface area (Å²) in [5, 5.41) is 8.07. The second kappa shape index (κ2) is 7.62. The second-order valence-corrected chi connectivity index (χ2v) is 7.11. The molecule has 0 bridgehead atoms. The van der Waals surface area contributed by atoms with E-state index in [-0.39, 0.29) is 6.03 Å². The number of likely N-dealkylation sites (tertiary alicyclic amines) is 1. The molecule has 122 valence electrons. The Bertz CT molecular complexity index is 618. The van der Waals surface area contributed by atoms with Crippen molar-refractivity contribution in [3.8, 4) is 0 Å². The van der Waals surface area contributed by atoms with Crippen molar-refractivity contribution in [1.29, 1.82) is 0 Å². The zero-order valence-corrected chi connectivity index (χ0v) is 14.3. The van der Waals surface area contributed by atoms with Crippen molar-refractivity contribution < 1.29 is 9.69 Å². The van der Waals surface area contributed by atoms with Gasteiger partial charge in [0.2, 0.25) is 0 Å². The van der Waals surface area contributed by atoms with E-state index in [4.69, 9.17) is 0 Å². The van der Waals surface area contributed by atoms with Crippen molar-refractivity contribution in [2.45, 2.75) is 25.8 Å². The van der Waals surface area contributed by atoms with Crippen molar-refractivity contribution in [3.05, 3.63) is 52.2 Å². The van der Waals surface area contributed by atoms with Crippen LogP contribution in [0.25, 0.3) is 0 Å². The van der Waals surface area contributed by atoms with Crippen LogP contribution < -0.4 is 15.5 Å². The van der Waals surface area contributed by atoms with Crippen LogP contribution in [0.1, 0.15) is 29.3 Å². The van der Waals surface area contributed by atoms with Gasteiger partial charge in [-0.05, 0) is 30.5 Å². The van der Waals surface area contributed by atoms with E-state index < -0.39 is 0 Å². The maximum Gasteiger partial charge on any atom is 0.319 e. The number of hydrogen-bond acceptors (Lipinski definition) is 2. The summed E-state index contributed by atoms with van der Waals surface area (Å²) in [6.45, 7) is 5.11. The monoisotopic (exact) mass is 330 g/mol. The minimum Gasteiger partial charge on any atom is -0.331 e. The standard InChI is InChI=1S/C18H23N3OS/c1-14-6-8-15(9-7-14)20-18(22)19-13-16(17-5-4-12-23-17)21-10-2-3-11-21/h4-9,12,16H,2-3,10-11,13H2,1H3,(H2,19,20,22)/p+1/t16-/m0/s1.